The predicted molar refractivity (Wildman–Crippen MR) is 68.4 cm³/mol. The zero-order chi connectivity index (χ0) is 11.0. The lowest BCUT2D eigenvalue weighted by Crippen LogP contribution is -2.31. The van der Waals surface area contributed by atoms with Crippen molar-refractivity contribution in [1.82, 2.24) is 5.32 Å². The van der Waals surface area contributed by atoms with Gasteiger partial charge in [-0.15, -0.1) is 0 Å². The molecule has 0 spiro atoms. The van der Waals surface area contributed by atoms with Crippen LogP contribution in [0.3, 0.4) is 0 Å². The van der Waals surface area contributed by atoms with Gasteiger partial charge in [-0.2, -0.15) is 0 Å². The maximum atomic E-state index is 3.64. The molecule has 2 aliphatic rings. The lowest BCUT2D eigenvalue weighted by atomic mass is 9.95. The highest BCUT2D eigenvalue weighted by Crippen LogP contribution is 2.31. The first-order chi connectivity index (χ1) is 7.85. The molecule has 2 bridgehead atoms. The largest absolute Gasteiger partial charge is 0.307 e. The number of fused-ring (bicyclic) bond motifs is 2. The topological polar surface area (TPSA) is 12.0 Å². The van der Waals surface area contributed by atoms with E-state index in [-0.39, 0.29) is 0 Å². The Morgan fingerprint density at radius 1 is 1.19 bits per heavy atom. The molecule has 2 unspecified atom stereocenters. The van der Waals surface area contributed by atoms with E-state index in [1.807, 2.05) is 0 Å². The van der Waals surface area contributed by atoms with E-state index in [2.05, 4.69) is 42.6 Å². The van der Waals surface area contributed by atoms with E-state index >= 15 is 0 Å². The summed E-state index contributed by atoms with van der Waals surface area (Å²) in [5.74, 6) is 0. The van der Waals surface area contributed by atoms with Gasteiger partial charge in [0.15, 0.2) is 0 Å². The minimum Gasteiger partial charge on any atom is -0.307 e. The van der Waals surface area contributed by atoms with Crippen molar-refractivity contribution in [2.45, 2.75) is 44.7 Å². The molecule has 0 amide bonds. The van der Waals surface area contributed by atoms with E-state index in [1.54, 1.807) is 5.57 Å². The summed E-state index contributed by atoms with van der Waals surface area (Å²) in [4.78, 5) is 0. The Morgan fingerprint density at radius 2 is 2.00 bits per heavy atom. The number of nitrogens with one attached hydrogen (secondary N) is 1. The van der Waals surface area contributed by atoms with Crippen LogP contribution in [0.5, 0.6) is 0 Å². The normalized spacial score (nSPS) is 27.9. The quantitative estimate of drug-likeness (QED) is 0.795. The van der Waals surface area contributed by atoms with Crippen LogP contribution in [0.2, 0.25) is 0 Å². The Labute approximate surface area is 97.6 Å². The summed E-state index contributed by atoms with van der Waals surface area (Å²) in [5, 5.41) is 3.64. The molecule has 1 aromatic rings. The standard InChI is InChI=1S/C15H19N/c1-2-11-3-5-12(6-4-11)13-9-14-7-8-15(10-13)16-14/h3-6,9,14-16H,2,7-8,10H2,1H3. The second-order valence-corrected chi connectivity index (χ2v) is 4.99. The average molecular weight is 213 g/mol. The van der Waals surface area contributed by atoms with Crippen molar-refractivity contribution in [3.63, 3.8) is 0 Å². The molecular formula is C15H19N. The van der Waals surface area contributed by atoms with E-state index in [1.165, 1.54) is 30.4 Å². The summed E-state index contributed by atoms with van der Waals surface area (Å²) in [6.45, 7) is 2.21. The Balaban J connectivity index is 1.86. The molecule has 1 aromatic carbocycles. The highest BCUT2D eigenvalue weighted by atomic mass is 15.0. The van der Waals surface area contributed by atoms with Gasteiger partial charge in [-0.1, -0.05) is 37.3 Å². The number of rotatable bonds is 2. The van der Waals surface area contributed by atoms with Gasteiger partial charge in [0.2, 0.25) is 0 Å². The van der Waals surface area contributed by atoms with Gasteiger partial charge in [0.25, 0.3) is 0 Å². The Kier molecular flexibility index (Phi) is 2.56. The molecule has 1 heteroatoms. The highest BCUT2D eigenvalue weighted by molar-refractivity contribution is 5.68. The van der Waals surface area contributed by atoms with Crippen molar-refractivity contribution < 1.29 is 0 Å². The van der Waals surface area contributed by atoms with Crippen molar-refractivity contribution >= 4 is 5.57 Å². The summed E-state index contributed by atoms with van der Waals surface area (Å²) in [7, 11) is 0. The van der Waals surface area contributed by atoms with Crippen LogP contribution in [0.4, 0.5) is 0 Å². The molecular weight excluding hydrogens is 194 g/mol. The highest BCUT2D eigenvalue weighted by Gasteiger charge is 2.27. The van der Waals surface area contributed by atoms with Gasteiger partial charge in [-0.25, -0.2) is 0 Å². The van der Waals surface area contributed by atoms with Crippen LogP contribution >= 0.6 is 0 Å². The third-order valence-corrected chi connectivity index (χ3v) is 3.88. The average Bonchev–Trinajstić information content (AvgIpc) is 2.68. The van der Waals surface area contributed by atoms with Crippen LogP contribution in [0.1, 0.15) is 37.3 Å². The molecule has 1 nitrogen and oxygen atoms in total. The third kappa shape index (κ3) is 1.80. The summed E-state index contributed by atoms with van der Waals surface area (Å²) in [5.41, 5.74) is 4.41. The van der Waals surface area contributed by atoms with Gasteiger partial charge in [0, 0.05) is 12.1 Å². The van der Waals surface area contributed by atoms with Crippen LogP contribution in [0.15, 0.2) is 30.3 Å². The summed E-state index contributed by atoms with van der Waals surface area (Å²) >= 11 is 0. The first-order valence-electron chi connectivity index (χ1n) is 6.41. The molecule has 0 aromatic heterocycles. The fraction of sp³-hybridized carbons (Fsp3) is 0.467. The number of hydrogen-bond acceptors (Lipinski definition) is 1. The van der Waals surface area contributed by atoms with Gasteiger partial charge in [-0.3, -0.25) is 0 Å². The zero-order valence-electron chi connectivity index (χ0n) is 9.87. The van der Waals surface area contributed by atoms with E-state index in [4.69, 9.17) is 0 Å². The first kappa shape index (κ1) is 10.1. The van der Waals surface area contributed by atoms with E-state index in [9.17, 15) is 0 Å². The molecule has 1 N–H and O–H groups in total. The lowest BCUT2D eigenvalue weighted by molar-refractivity contribution is 0.575. The molecule has 0 saturated carbocycles. The third-order valence-electron chi connectivity index (χ3n) is 3.88. The second-order valence-electron chi connectivity index (χ2n) is 4.99. The van der Waals surface area contributed by atoms with Crippen LogP contribution in [-0.4, -0.2) is 12.1 Å². The molecule has 0 radical (unpaired) electrons. The molecule has 84 valence electrons. The van der Waals surface area contributed by atoms with Gasteiger partial charge >= 0.3 is 0 Å². The zero-order valence-corrected chi connectivity index (χ0v) is 9.87. The smallest absolute Gasteiger partial charge is 0.0259 e. The van der Waals surface area contributed by atoms with Gasteiger partial charge in [0.1, 0.15) is 0 Å². The Hall–Kier alpha value is -1.08. The number of benzene rings is 1. The van der Waals surface area contributed by atoms with Gasteiger partial charge < -0.3 is 5.32 Å². The Morgan fingerprint density at radius 3 is 2.69 bits per heavy atom. The minimum atomic E-state index is 0.639. The molecule has 16 heavy (non-hydrogen) atoms. The Bertz CT molecular complexity index is 402. The van der Waals surface area contributed by atoms with E-state index < -0.39 is 0 Å². The maximum absolute atomic E-state index is 3.64. The summed E-state index contributed by atoms with van der Waals surface area (Å²) in [6, 6.07) is 10.5. The monoisotopic (exact) mass is 213 g/mol. The first-order valence-corrected chi connectivity index (χ1v) is 6.41. The fourth-order valence-corrected chi connectivity index (χ4v) is 2.89. The molecule has 0 aliphatic carbocycles. The van der Waals surface area contributed by atoms with Crippen molar-refractivity contribution in [1.29, 1.82) is 0 Å². The predicted octanol–water partition coefficient (Wildman–Crippen LogP) is 3.16. The SMILES string of the molecule is CCc1ccc(C2=CC3CCC(C2)N3)cc1. The van der Waals surface area contributed by atoms with E-state index in [0.29, 0.717) is 6.04 Å². The van der Waals surface area contributed by atoms with Crippen molar-refractivity contribution in [3.05, 3.63) is 41.5 Å². The second kappa shape index (κ2) is 4.06. The van der Waals surface area contributed by atoms with Crippen LogP contribution in [0, 0.1) is 0 Å². The summed E-state index contributed by atoms with van der Waals surface area (Å²) in [6.07, 6.45) is 7.44. The van der Waals surface area contributed by atoms with Crippen molar-refractivity contribution in [2.24, 2.45) is 0 Å². The van der Waals surface area contributed by atoms with Gasteiger partial charge in [-0.05, 0) is 42.4 Å². The minimum absolute atomic E-state index is 0.639. The fourth-order valence-electron chi connectivity index (χ4n) is 2.89. The maximum Gasteiger partial charge on any atom is 0.0259 e. The lowest BCUT2D eigenvalue weighted by Gasteiger charge is -2.21. The molecule has 2 atom stereocenters. The summed E-state index contributed by atoms with van der Waals surface area (Å²) < 4.78 is 0. The molecule has 2 heterocycles. The van der Waals surface area contributed by atoms with Crippen molar-refractivity contribution in [2.75, 3.05) is 0 Å². The van der Waals surface area contributed by atoms with Gasteiger partial charge in [0.05, 0.1) is 0 Å². The van der Waals surface area contributed by atoms with Crippen LogP contribution in [0.25, 0.3) is 5.57 Å². The molecule has 2 aliphatic heterocycles. The van der Waals surface area contributed by atoms with E-state index in [0.717, 1.165) is 12.5 Å². The molecule has 3 rings (SSSR count). The number of aryl methyl sites for hydroxylation is 1. The van der Waals surface area contributed by atoms with Crippen LogP contribution in [-0.2, 0) is 6.42 Å². The van der Waals surface area contributed by atoms with Crippen molar-refractivity contribution in [3.8, 4) is 0 Å². The molecule has 1 fully saturated rings. The van der Waals surface area contributed by atoms with Crippen LogP contribution < -0.4 is 5.32 Å². The molecule has 1 saturated heterocycles. The number of hydrogen-bond donors (Lipinski definition) is 1.